The summed E-state index contributed by atoms with van der Waals surface area (Å²) in [6.07, 6.45) is -2.21. The molecular formula is C13H11F3N4O2. The molecule has 0 bridgehead atoms. The van der Waals surface area contributed by atoms with Crippen LogP contribution in [0.2, 0.25) is 0 Å². The monoisotopic (exact) mass is 312 g/mol. The first kappa shape index (κ1) is 14.5. The smallest absolute Gasteiger partial charge is 0.406 e. The van der Waals surface area contributed by atoms with Crippen molar-refractivity contribution in [2.24, 2.45) is 16.1 Å². The van der Waals surface area contributed by atoms with Crippen LogP contribution in [0.15, 0.2) is 34.4 Å². The van der Waals surface area contributed by atoms with Gasteiger partial charge in [-0.3, -0.25) is 9.78 Å². The van der Waals surface area contributed by atoms with Crippen LogP contribution in [0.25, 0.3) is 0 Å². The highest BCUT2D eigenvalue weighted by molar-refractivity contribution is 5.83. The fourth-order valence-corrected chi connectivity index (χ4v) is 2.51. The van der Waals surface area contributed by atoms with Crippen molar-refractivity contribution in [2.75, 3.05) is 7.11 Å². The topological polar surface area (TPSA) is 67.2 Å². The number of hydrogen-bond donors (Lipinski definition) is 0. The molecule has 3 heterocycles. The number of carbonyl (C=O) groups excluding carboxylic acids is 1. The molecular weight excluding hydrogens is 301 g/mol. The fraction of sp³-hybridized carbons (Fsp3) is 0.385. The Bertz CT molecular complexity index is 684. The molecule has 1 aromatic rings. The fourth-order valence-electron chi connectivity index (χ4n) is 2.51. The third-order valence-corrected chi connectivity index (χ3v) is 3.55. The van der Waals surface area contributed by atoms with Gasteiger partial charge in [-0.15, -0.1) is 5.11 Å². The zero-order valence-corrected chi connectivity index (χ0v) is 11.5. The SMILES string of the molecule is COc1cnc2c(c1)CN(C1=CN=NC(=O)C1C(F)(F)F)C2. The van der Waals surface area contributed by atoms with E-state index in [0.29, 0.717) is 11.4 Å². The standard InChI is InChI=1S/C13H11F3N4O2/c1-22-8-2-7-5-20(6-9(7)17-3-8)10-4-18-19-12(21)11(10)13(14,15)16/h2-4,11H,5-6H2,1H3. The summed E-state index contributed by atoms with van der Waals surface area (Å²) >= 11 is 0. The Morgan fingerprint density at radius 2 is 2.14 bits per heavy atom. The second kappa shape index (κ2) is 5.08. The van der Waals surface area contributed by atoms with E-state index in [1.165, 1.54) is 18.2 Å². The van der Waals surface area contributed by atoms with E-state index in [1.54, 1.807) is 6.07 Å². The number of fused-ring (bicyclic) bond motifs is 1. The van der Waals surface area contributed by atoms with Crippen LogP contribution >= 0.6 is 0 Å². The summed E-state index contributed by atoms with van der Waals surface area (Å²) in [5, 5.41) is 6.37. The molecule has 116 valence electrons. The zero-order chi connectivity index (χ0) is 15.9. The maximum absolute atomic E-state index is 13.1. The van der Waals surface area contributed by atoms with E-state index in [2.05, 4.69) is 15.2 Å². The molecule has 9 heteroatoms. The first-order valence-electron chi connectivity index (χ1n) is 6.38. The number of ether oxygens (including phenoxy) is 1. The highest BCUT2D eigenvalue weighted by Crippen LogP contribution is 2.39. The average molecular weight is 312 g/mol. The highest BCUT2D eigenvalue weighted by atomic mass is 19.4. The van der Waals surface area contributed by atoms with Crippen molar-refractivity contribution in [3.8, 4) is 5.75 Å². The van der Waals surface area contributed by atoms with Gasteiger partial charge in [0, 0.05) is 6.54 Å². The van der Waals surface area contributed by atoms with Crippen molar-refractivity contribution in [3.05, 3.63) is 35.4 Å². The first-order chi connectivity index (χ1) is 10.4. The van der Waals surface area contributed by atoms with Gasteiger partial charge in [-0.1, -0.05) is 0 Å². The number of pyridine rings is 1. The highest BCUT2D eigenvalue weighted by Gasteiger charge is 2.50. The molecule has 0 spiro atoms. The lowest BCUT2D eigenvalue weighted by atomic mass is 10.0. The van der Waals surface area contributed by atoms with Gasteiger partial charge >= 0.3 is 6.18 Å². The van der Waals surface area contributed by atoms with E-state index >= 15 is 0 Å². The van der Waals surface area contributed by atoms with Crippen molar-refractivity contribution in [2.45, 2.75) is 19.3 Å². The van der Waals surface area contributed by atoms with Gasteiger partial charge in [0.15, 0.2) is 5.92 Å². The van der Waals surface area contributed by atoms with Gasteiger partial charge in [0.05, 0.1) is 37.4 Å². The Labute approximate surface area is 123 Å². The van der Waals surface area contributed by atoms with Crippen LogP contribution in [0, 0.1) is 5.92 Å². The Morgan fingerprint density at radius 1 is 1.36 bits per heavy atom. The van der Waals surface area contributed by atoms with Gasteiger partial charge in [0.25, 0.3) is 5.91 Å². The summed E-state index contributed by atoms with van der Waals surface area (Å²) in [4.78, 5) is 17.1. The second-order valence-electron chi connectivity index (χ2n) is 4.92. The summed E-state index contributed by atoms with van der Waals surface area (Å²) in [7, 11) is 1.48. The number of rotatable bonds is 2. The van der Waals surface area contributed by atoms with Crippen LogP contribution in [0.5, 0.6) is 5.75 Å². The van der Waals surface area contributed by atoms with Crippen LogP contribution in [-0.2, 0) is 17.9 Å². The minimum absolute atomic E-state index is 0.181. The molecule has 6 nitrogen and oxygen atoms in total. The maximum atomic E-state index is 13.1. The van der Waals surface area contributed by atoms with Gasteiger partial charge < -0.3 is 9.64 Å². The lowest BCUT2D eigenvalue weighted by Gasteiger charge is -2.28. The Kier molecular flexibility index (Phi) is 3.34. The predicted molar refractivity (Wildman–Crippen MR) is 67.5 cm³/mol. The molecule has 2 aliphatic heterocycles. The number of halogens is 3. The second-order valence-corrected chi connectivity index (χ2v) is 4.92. The summed E-state index contributed by atoms with van der Waals surface area (Å²) in [6, 6.07) is 1.72. The molecule has 0 aliphatic carbocycles. The van der Waals surface area contributed by atoms with Crippen LogP contribution in [0.1, 0.15) is 11.3 Å². The summed E-state index contributed by atoms with van der Waals surface area (Å²) < 4.78 is 44.4. The predicted octanol–water partition coefficient (Wildman–Crippen LogP) is 2.42. The van der Waals surface area contributed by atoms with Gasteiger partial charge in [-0.2, -0.15) is 18.3 Å². The molecule has 0 saturated heterocycles. The molecule has 1 aromatic heterocycles. The van der Waals surface area contributed by atoms with E-state index in [-0.39, 0.29) is 18.8 Å². The van der Waals surface area contributed by atoms with E-state index in [1.807, 2.05) is 0 Å². The number of aromatic nitrogens is 1. The molecule has 0 saturated carbocycles. The van der Waals surface area contributed by atoms with E-state index < -0.39 is 18.0 Å². The van der Waals surface area contributed by atoms with Crippen LogP contribution in [0.3, 0.4) is 0 Å². The number of alkyl halides is 3. The lowest BCUT2D eigenvalue weighted by molar-refractivity contribution is -0.177. The van der Waals surface area contributed by atoms with Gasteiger partial charge in [-0.25, -0.2) is 0 Å². The van der Waals surface area contributed by atoms with E-state index in [4.69, 9.17) is 4.74 Å². The van der Waals surface area contributed by atoms with Crippen LogP contribution in [0.4, 0.5) is 13.2 Å². The maximum Gasteiger partial charge on any atom is 0.406 e. The minimum atomic E-state index is -4.71. The van der Waals surface area contributed by atoms with Gasteiger partial charge in [0.1, 0.15) is 5.75 Å². The average Bonchev–Trinajstić information content (AvgIpc) is 2.88. The lowest BCUT2D eigenvalue weighted by Crippen LogP contribution is -2.38. The number of amides is 1. The zero-order valence-electron chi connectivity index (χ0n) is 11.5. The molecule has 0 radical (unpaired) electrons. The van der Waals surface area contributed by atoms with Gasteiger partial charge in [-0.05, 0) is 11.6 Å². The molecule has 2 aliphatic rings. The Hall–Kier alpha value is -2.45. The first-order valence-corrected chi connectivity index (χ1v) is 6.38. The minimum Gasteiger partial charge on any atom is -0.495 e. The van der Waals surface area contributed by atoms with Crippen LogP contribution in [-0.4, -0.2) is 29.1 Å². The number of methoxy groups -OCH3 is 1. The Morgan fingerprint density at radius 3 is 2.82 bits per heavy atom. The summed E-state index contributed by atoms with van der Waals surface area (Å²) in [6.45, 7) is 0.390. The number of carbonyl (C=O) groups is 1. The molecule has 0 aromatic carbocycles. The number of azo groups is 1. The third kappa shape index (κ3) is 2.42. The van der Waals surface area contributed by atoms with Crippen molar-refractivity contribution < 1.29 is 22.7 Å². The quantitative estimate of drug-likeness (QED) is 0.841. The van der Waals surface area contributed by atoms with Crippen molar-refractivity contribution in [1.29, 1.82) is 0 Å². The Balaban J connectivity index is 1.90. The molecule has 1 amide bonds. The molecule has 1 unspecified atom stereocenters. The summed E-state index contributed by atoms with van der Waals surface area (Å²) in [5.74, 6) is -3.05. The third-order valence-electron chi connectivity index (χ3n) is 3.55. The molecule has 22 heavy (non-hydrogen) atoms. The van der Waals surface area contributed by atoms with E-state index in [0.717, 1.165) is 11.8 Å². The summed E-state index contributed by atoms with van der Waals surface area (Å²) in [5.41, 5.74) is 1.21. The molecule has 1 atom stereocenters. The largest absolute Gasteiger partial charge is 0.495 e. The number of nitrogens with zero attached hydrogens (tertiary/aromatic N) is 4. The number of hydrogen-bond acceptors (Lipinski definition) is 5. The molecule has 0 N–H and O–H groups in total. The van der Waals surface area contributed by atoms with Crippen molar-refractivity contribution in [3.63, 3.8) is 0 Å². The normalized spacial score (nSPS) is 20.9. The van der Waals surface area contributed by atoms with Crippen molar-refractivity contribution in [1.82, 2.24) is 9.88 Å². The molecule has 0 fully saturated rings. The van der Waals surface area contributed by atoms with Crippen LogP contribution < -0.4 is 4.74 Å². The van der Waals surface area contributed by atoms with Crippen molar-refractivity contribution >= 4 is 5.91 Å². The van der Waals surface area contributed by atoms with E-state index in [9.17, 15) is 18.0 Å². The van der Waals surface area contributed by atoms with Gasteiger partial charge in [0.2, 0.25) is 0 Å². The molecule has 3 rings (SSSR count).